The number of nitrogens with one attached hydrogen (secondary N) is 2. The number of amides is 1. The van der Waals surface area contributed by atoms with Gasteiger partial charge < -0.3 is 10.6 Å². The molecule has 1 fully saturated rings. The molecule has 0 bridgehead atoms. The number of anilines is 1. The Morgan fingerprint density at radius 3 is 2.88 bits per heavy atom. The fourth-order valence-corrected chi connectivity index (χ4v) is 1.70. The molecule has 92 valence electrons. The summed E-state index contributed by atoms with van der Waals surface area (Å²) in [7, 11) is 0. The van der Waals surface area contributed by atoms with Crippen LogP contribution in [0.1, 0.15) is 0 Å². The van der Waals surface area contributed by atoms with Crippen LogP contribution in [0.3, 0.4) is 0 Å². The zero-order valence-electron chi connectivity index (χ0n) is 9.45. The number of pyridine rings is 1. The molecule has 0 atom stereocenters. The molecule has 2 N–H and O–H groups in total. The molecule has 0 radical (unpaired) electrons. The van der Waals surface area contributed by atoms with E-state index in [1.807, 2.05) is 0 Å². The number of carbonyl (C=O) groups excluding carboxylic acids is 1. The highest BCUT2D eigenvalue weighted by Crippen LogP contribution is 2.03. The third kappa shape index (κ3) is 3.76. The van der Waals surface area contributed by atoms with Crippen molar-refractivity contribution in [2.75, 3.05) is 38.0 Å². The van der Waals surface area contributed by atoms with Crippen molar-refractivity contribution in [1.82, 2.24) is 15.2 Å². The molecule has 6 heteroatoms. The van der Waals surface area contributed by atoms with Crippen LogP contribution in [-0.2, 0) is 4.79 Å². The summed E-state index contributed by atoms with van der Waals surface area (Å²) in [5.74, 6) is -0.150. The van der Waals surface area contributed by atoms with E-state index in [4.69, 9.17) is 0 Å². The van der Waals surface area contributed by atoms with Gasteiger partial charge >= 0.3 is 0 Å². The van der Waals surface area contributed by atoms with Gasteiger partial charge in [-0.15, -0.1) is 0 Å². The first-order chi connectivity index (χ1) is 8.24. The zero-order valence-corrected chi connectivity index (χ0v) is 9.45. The van der Waals surface area contributed by atoms with Crippen molar-refractivity contribution in [2.24, 2.45) is 0 Å². The van der Waals surface area contributed by atoms with Crippen LogP contribution in [0.5, 0.6) is 0 Å². The van der Waals surface area contributed by atoms with Crippen LogP contribution >= 0.6 is 0 Å². The third-order valence-electron chi connectivity index (χ3n) is 2.57. The van der Waals surface area contributed by atoms with Crippen LogP contribution in [0.25, 0.3) is 0 Å². The van der Waals surface area contributed by atoms with Crippen molar-refractivity contribution in [2.45, 2.75) is 0 Å². The summed E-state index contributed by atoms with van der Waals surface area (Å²) in [6, 6.07) is 2.72. The highest BCUT2D eigenvalue weighted by atomic mass is 19.1. The standard InChI is InChI=1S/C11H15FN4O/c12-9-1-2-10(14-7-9)15-11(17)8-16-5-3-13-4-6-16/h1-2,7,13H,3-6,8H2,(H,14,15,17). The molecule has 0 aromatic carbocycles. The Kier molecular flexibility index (Phi) is 4.00. The lowest BCUT2D eigenvalue weighted by Crippen LogP contribution is -2.46. The van der Waals surface area contributed by atoms with Gasteiger partial charge in [0, 0.05) is 26.2 Å². The number of rotatable bonds is 3. The van der Waals surface area contributed by atoms with E-state index >= 15 is 0 Å². The number of aromatic nitrogens is 1. The summed E-state index contributed by atoms with van der Waals surface area (Å²) in [4.78, 5) is 17.5. The molecule has 1 saturated heterocycles. The second-order valence-corrected chi connectivity index (χ2v) is 3.94. The predicted octanol–water partition coefficient (Wildman–Crippen LogP) is 0.0644. The molecule has 1 aromatic heterocycles. The molecule has 0 spiro atoms. The number of halogens is 1. The van der Waals surface area contributed by atoms with Crippen LogP contribution in [0.4, 0.5) is 10.2 Å². The van der Waals surface area contributed by atoms with E-state index < -0.39 is 5.82 Å². The first kappa shape index (κ1) is 11.9. The summed E-state index contributed by atoms with van der Waals surface area (Å²) >= 11 is 0. The quantitative estimate of drug-likeness (QED) is 0.782. The molecule has 1 aliphatic heterocycles. The van der Waals surface area contributed by atoms with Crippen molar-refractivity contribution in [3.8, 4) is 0 Å². The van der Waals surface area contributed by atoms with Gasteiger partial charge in [-0.2, -0.15) is 0 Å². The number of carbonyl (C=O) groups is 1. The summed E-state index contributed by atoms with van der Waals surface area (Å²) in [5, 5.41) is 5.85. The van der Waals surface area contributed by atoms with Crippen LogP contribution in [0.2, 0.25) is 0 Å². The topological polar surface area (TPSA) is 57.3 Å². The van der Waals surface area contributed by atoms with Gasteiger partial charge in [-0.1, -0.05) is 0 Å². The van der Waals surface area contributed by atoms with Gasteiger partial charge in [0.05, 0.1) is 12.7 Å². The average Bonchev–Trinajstić information content (AvgIpc) is 2.33. The van der Waals surface area contributed by atoms with Crippen molar-refractivity contribution in [3.05, 3.63) is 24.1 Å². The fraction of sp³-hybridized carbons (Fsp3) is 0.455. The van der Waals surface area contributed by atoms with E-state index in [0.29, 0.717) is 12.4 Å². The van der Waals surface area contributed by atoms with E-state index in [0.717, 1.165) is 32.4 Å². The second kappa shape index (κ2) is 5.70. The molecule has 0 unspecified atom stereocenters. The molecule has 0 saturated carbocycles. The van der Waals surface area contributed by atoms with Gasteiger partial charge in [0.15, 0.2) is 0 Å². The van der Waals surface area contributed by atoms with Gasteiger partial charge in [-0.25, -0.2) is 9.37 Å². The summed E-state index contributed by atoms with van der Waals surface area (Å²) in [6.45, 7) is 3.89. The lowest BCUT2D eigenvalue weighted by Gasteiger charge is -2.26. The van der Waals surface area contributed by atoms with Crippen molar-refractivity contribution < 1.29 is 9.18 Å². The third-order valence-corrected chi connectivity index (χ3v) is 2.57. The molecule has 1 aromatic rings. The Balaban J connectivity index is 1.82. The Labute approximate surface area is 99.0 Å². The van der Waals surface area contributed by atoms with Gasteiger partial charge in [0.25, 0.3) is 0 Å². The Morgan fingerprint density at radius 2 is 2.24 bits per heavy atom. The van der Waals surface area contributed by atoms with E-state index in [1.54, 1.807) is 0 Å². The average molecular weight is 238 g/mol. The van der Waals surface area contributed by atoms with Gasteiger partial charge in [-0.05, 0) is 12.1 Å². The Morgan fingerprint density at radius 1 is 1.47 bits per heavy atom. The van der Waals surface area contributed by atoms with Crippen LogP contribution in [0.15, 0.2) is 18.3 Å². The maximum atomic E-state index is 12.6. The highest BCUT2D eigenvalue weighted by molar-refractivity contribution is 5.91. The second-order valence-electron chi connectivity index (χ2n) is 3.94. The molecular formula is C11H15FN4O. The van der Waals surface area contributed by atoms with E-state index in [-0.39, 0.29) is 5.91 Å². The Bertz CT molecular complexity index is 376. The minimum Gasteiger partial charge on any atom is -0.314 e. The minimum atomic E-state index is -0.412. The maximum Gasteiger partial charge on any atom is 0.239 e. The van der Waals surface area contributed by atoms with Crippen LogP contribution in [-0.4, -0.2) is 48.5 Å². The number of hydrogen-bond donors (Lipinski definition) is 2. The molecule has 1 amide bonds. The lowest BCUT2D eigenvalue weighted by atomic mass is 10.3. The fourth-order valence-electron chi connectivity index (χ4n) is 1.70. The molecule has 2 heterocycles. The molecular weight excluding hydrogens is 223 g/mol. The summed E-state index contributed by atoms with van der Waals surface area (Å²) in [5.41, 5.74) is 0. The van der Waals surface area contributed by atoms with Crippen molar-refractivity contribution in [1.29, 1.82) is 0 Å². The number of hydrogen-bond acceptors (Lipinski definition) is 4. The smallest absolute Gasteiger partial charge is 0.239 e. The molecule has 5 nitrogen and oxygen atoms in total. The van der Waals surface area contributed by atoms with Crippen molar-refractivity contribution in [3.63, 3.8) is 0 Å². The first-order valence-electron chi connectivity index (χ1n) is 5.58. The van der Waals surface area contributed by atoms with Crippen LogP contribution < -0.4 is 10.6 Å². The SMILES string of the molecule is O=C(CN1CCNCC1)Nc1ccc(F)cn1. The first-order valence-corrected chi connectivity index (χ1v) is 5.58. The number of piperazine rings is 1. The zero-order chi connectivity index (χ0) is 12.1. The van der Waals surface area contributed by atoms with E-state index in [9.17, 15) is 9.18 Å². The van der Waals surface area contributed by atoms with E-state index in [2.05, 4.69) is 20.5 Å². The molecule has 1 aliphatic rings. The van der Waals surface area contributed by atoms with E-state index in [1.165, 1.54) is 12.1 Å². The summed E-state index contributed by atoms with van der Waals surface area (Å²) in [6.07, 6.45) is 1.08. The summed E-state index contributed by atoms with van der Waals surface area (Å²) < 4.78 is 12.6. The Hall–Kier alpha value is -1.53. The minimum absolute atomic E-state index is 0.119. The van der Waals surface area contributed by atoms with Gasteiger partial charge in [-0.3, -0.25) is 9.69 Å². The van der Waals surface area contributed by atoms with Gasteiger partial charge in [0.1, 0.15) is 11.6 Å². The molecule has 2 rings (SSSR count). The molecule has 17 heavy (non-hydrogen) atoms. The normalized spacial score (nSPS) is 16.8. The van der Waals surface area contributed by atoms with Gasteiger partial charge in [0.2, 0.25) is 5.91 Å². The maximum absolute atomic E-state index is 12.6. The lowest BCUT2D eigenvalue weighted by molar-refractivity contribution is -0.117. The highest BCUT2D eigenvalue weighted by Gasteiger charge is 2.13. The number of nitrogens with zero attached hydrogens (tertiary/aromatic N) is 2. The predicted molar refractivity (Wildman–Crippen MR) is 62.1 cm³/mol. The molecule has 0 aliphatic carbocycles. The largest absolute Gasteiger partial charge is 0.314 e. The van der Waals surface area contributed by atoms with Crippen LogP contribution in [0, 0.1) is 5.82 Å². The van der Waals surface area contributed by atoms with Crippen molar-refractivity contribution >= 4 is 11.7 Å². The monoisotopic (exact) mass is 238 g/mol.